The monoisotopic (exact) mass is 159 g/mol. The Balaban J connectivity index is 3.81. The van der Waals surface area contributed by atoms with Crippen molar-refractivity contribution >= 4 is 0 Å². The number of likely N-dealkylation sites (N-methyl/N-ethyl adjacent to an activating group) is 1. The summed E-state index contributed by atoms with van der Waals surface area (Å²) in [5.41, 5.74) is 0. The molecule has 0 aromatic rings. The topological polar surface area (TPSA) is 12.5 Å². The van der Waals surface area contributed by atoms with Crippen LogP contribution in [-0.4, -0.2) is 37.7 Å². The maximum atomic E-state index is 5.12. The fraction of sp³-hybridized carbons (Fsp3) is 1.00. The maximum absolute atomic E-state index is 5.12. The summed E-state index contributed by atoms with van der Waals surface area (Å²) in [6, 6.07) is 1.18. The summed E-state index contributed by atoms with van der Waals surface area (Å²) in [4.78, 5) is 2.35. The molecule has 0 aliphatic heterocycles. The van der Waals surface area contributed by atoms with Gasteiger partial charge in [0, 0.05) is 19.2 Å². The molecule has 0 rings (SSSR count). The molecule has 0 radical (unpaired) electrons. The second kappa shape index (κ2) is 5.56. The van der Waals surface area contributed by atoms with Gasteiger partial charge in [0.25, 0.3) is 0 Å². The van der Waals surface area contributed by atoms with E-state index in [1.807, 2.05) is 0 Å². The molecule has 0 spiro atoms. The molecule has 11 heavy (non-hydrogen) atoms. The van der Waals surface area contributed by atoms with E-state index in [-0.39, 0.29) is 0 Å². The highest BCUT2D eigenvalue weighted by Crippen LogP contribution is 2.05. The fourth-order valence-electron chi connectivity index (χ4n) is 1.14. The molecule has 2 nitrogen and oxygen atoms in total. The first-order valence-electron chi connectivity index (χ1n) is 4.34. The Labute approximate surface area is 70.5 Å². The van der Waals surface area contributed by atoms with Crippen LogP contribution in [0.2, 0.25) is 0 Å². The number of hydrogen-bond acceptors (Lipinski definition) is 2. The first-order valence-corrected chi connectivity index (χ1v) is 4.34. The van der Waals surface area contributed by atoms with Crippen LogP contribution in [0.4, 0.5) is 0 Å². The molecule has 0 bridgehead atoms. The summed E-state index contributed by atoms with van der Waals surface area (Å²) >= 11 is 0. The molecular weight excluding hydrogens is 138 g/mol. The molecule has 0 N–H and O–H groups in total. The molecule has 2 heteroatoms. The zero-order valence-electron chi connectivity index (χ0n) is 8.42. The summed E-state index contributed by atoms with van der Waals surface area (Å²) in [5.74, 6) is 0. The van der Waals surface area contributed by atoms with Crippen molar-refractivity contribution in [1.29, 1.82) is 0 Å². The first kappa shape index (κ1) is 10.9. The fourth-order valence-corrected chi connectivity index (χ4v) is 1.14. The molecule has 0 fully saturated rings. The lowest BCUT2D eigenvalue weighted by Gasteiger charge is -2.29. The van der Waals surface area contributed by atoms with E-state index in [1.165, 1.54) is 0 Å². The lowest BCUT2D eigenvalue weighted by Crippen LogP contribution is -2.39. The Hall–Kier alpha value is -0.0800. The molecule has 0 aromatic heterocycles. The van der Waals surface area contributed by atoms with Gasteiger partial charge in [-0.2, -0.15) is 0 Å². The molecule has 0 aliphatic rings. The lowest BCUT2D eigenvalue weighted by atomic mass is 10.2. The third-order valence-corrected chi connectivity index (χ3v) is 2.22. The van der Waals surface area contributed by atoms with E-state index in [0.29, 0.717) is 12.1 Å². The van der Waals surface area contributed by atoms with E-state index < -0.39 is 0 Å². The standard InChI is InChI=1S/C9H21NO/c1-6-9(7-11-5)10(4)8(2)3/h8-9H,6-7H2,1-5H3. The minimum absolute atomic E-state index is 0.569. The lowest BCUT2D eigenvalue weighted by molar-refractivity contribution is 0.0867. The van der Waals surface area contributed by atoms with Crippen LogP contribution in [-0.2, 0) is 4.74 Å². The molecule has 68 valence electrons. The molecule has 0 aliphatic carbocycles. The van der Waals surface area contributed by atoms with Crippen LogP contribution < -0.4 is 0 Å². The number of ether oxygens (including phenoxy) is 1. The van der Waals surface area contributed by atoms with Crippen molar-refractivity contribution in [1.82, 2.24) is 4.90 Å². The SMILES string of the molecule is CCC(COC)N(C)C(C)C. The van der Waals surface area contributed by atoms with Crippen molar-refractivity contribution in [2.24, 2.45) is 0 Å². The van der Waals surface area contributed by atoms with Gasteiger partial charge >= 0.3 is 0 Å². The minimum atomic E-state index is 0.569. The number of hydrogen-bond donors (Lipinski definition) is 0. The number of nitrogens with zero attached hydrogens (tertiary/aromatic N) is 1. The minimum Gasteiger partial charge on any atom is -0.383 e. The van der Waals surface area contributed by atoms with Crippen LogP contribution in [0.15, 0.2) is 0 Å². The molecular formula is C9H21NO. The van der Waals surface area contributed by atoms with Gasteiger partial charge < -0.3 is 4.74 Å². The summed E-state index contributed by atoms with van der Waals surface area (Å²) in [5, 5.41) is 0. The summed E-state index contributed by atoms with van der Waals surface area (Å²) in [7, 11) is 3.91. The van der Waals surface area contributed by atoms with Gasteiger partial charge in [0.1, 0.15) is 0 Å². The summed E-state index contributed by atoms with van der Waals surface area (Å²) in [6.07, 6.45) is 1.16. The Kier molecular flexibility index (Phi) is 5.51. The molecule has 0 saturated carbocycles. The first-order chi connectivity index (χ1) is 5.13. The predicted octanol–water partition coefficient (Wildman–Crippen LogP) is 1.75. The second-order valence-electron chi connectivity index (χ2n) is 3.28. The van der Waals surface area contributed by atoms with Crippen LogP contribution in [0, 0.1) is 0 Å². The van der Waals surface area contributed by atoms with Crippen molar-refractivity contribution in [3.8, 4) is 0 Å². The molecule has 1 unspecified atom stereocenters. The van der Waals surface area contributed by atoms with E-state index in [4.69, 9.17) is 4.74 Å². The molecule has 0 aromatic carbocycles. The van der Waals surface area contributed by atoms with E-state index in [2.05, 4.69) is 32.7 Å². The third kappa shape index (κ3) is 3.73. The zero-order chi connectivity index (χ0) is 8.85. The number of rotatable bonds is 5. The van der Waals surface area contributed by atoms with Gasteiger partial charge in [-0.25, -0.2) is 0 Å². The zero-order valence-corrected chi connectivity index (χ0v) is 8.42. The Morgan fingerprint density at radius 3 is 2.18 bits per heavy atom. The van der Waals surface area contributed by atoms with Crippen LogP contribution >= 0.6 is 0 Å². The van der Waals surface area contributed by atoms with Crippen LogP contribution in [0.5, 0.6) is 0 Å². The largest absolute Gasteiger partial charge is 0.383 e. The summed E-state index contributed by atoms with van der Waals surface area (Å²) in [6.45, 7) is 7.45. The van der Waals surface area contributed by atoms with Gasteiger partial charge in [-0.05, 0) is 27.3 Å². The smallest absolute Gasteiger partial charge is 0.0617 e. The van der Waals surface area contributed by atoms with E-state index in [1.54, 1.807) is 7.11 Å². The normalized spacial score (nSPS) is 14.5. The predicted molar refractivity (Wildman–Crippen MR) is 48.9 cm³/mol. The van der Waals surface area contributed by atoms with Crippen LogP contribution in [0.25, 0.3) is 0 Å². The highest BCUT2D eigenvalue weighted by Gasteiger charge is 2.14. The van der Waals surface area contributed by atoms with Crippen molar-refractivity contribution in [3.63, 3.8) is 0 Å². The van der Waals surface area contributed by atoms with Gasteiger partial charge in [0.2, 0.25) is 0 Å². The molecule has 0 heterocycles. The van der Waals surface area contributed by atoms with Gasteiger partial charge in [-0.15, -0.1) is 0 Å². The highest BCUT2D eigenvalue weighted by atomic mass is 16.5. The Morgan fingerprint density at radius 2 is 1.91 bits per heavy atom. The second-order valence-corrected chi connectivity index (χ2v) is 3.28. The van der Waals surface area contributed by atoms with Crippen molar-refractivity contribution in [2.75, 3.05) is 20.8 Å². The number of methoxy groups -OCH3 is 1. The average Bonchev–Trinajstić information content (AvgIpc) is 1.98. The van der Waals surface area contributed by atoms with Gasteiger partial charge in [-0.3, -0.25) is 4.90 Å². The Bertz CT molecular complexity index is 93.6. The van der Waals surface area contributed by atoms with Gasteiger partial charge in [0.05, 0.1) is 6.61 Å². The van der Waals surface area contributed by atoms with E-state index in [0.717, 1.165) is 13.0 Å². The van der Waals surface area contributed by atoms with Crippen LogP contribution in [0.1, 0.15) is 27.2 Å². The third-order valence-electron chi connectivity index (χ3n) is 2.22. The van der Waals surface area contributed by atoms with Crippen molar-refractivity contribution < 1.29 is 4.74 Å². The van der Waals surface area contributed by atoms with Crippen LogP contribution in [0.3, 0.4) is 0 Å². The van der Waals surface area contributed by atoms with Crippen molar-refractivity contribution in [2.45, 2.75) is 39.3 Å². The van der Waals surface area contributed by atoms with Gasteiger partial charge in [-0.1, -0.05) is 6.92 Å². The van der Waals surface area contributed by atoms with Crippen molar-refractivity contribution in [3.05, 3.63) is 0 Å². The maximum Gasteiger partial charge on any atom is 0.0617 e. The Morgan fingerprint density at radius 1 is 1.36 bits per heavy atom. The van der Waals surface area contributed by atoms with E-state index in [9.17, 15) is 0 Å². The molecule has 0 amide bonds. The summed E-state index contributed by atoms with van der Waals surface area (Å²) < 4.78 is 5.12. The highest BCUT2D eigenvalue weighted by molar-refractivity contribution is 4.68. The molecule has 1 atom stereocenters. The van der Waals surface area contributed by atoms with Gasteiger partial charge in [0.15, 0.2) is 0 Å². The average molecular weight is 159 g/mol. The molecule has 0 saturated heterocycles. The quantitative estimate of drug-likeness (QED) is 0.606. The van der Waals surface area contributed by atoms with E-state index >= 15 is 0 Å².